The maximum Gasteiger partial charge on any atom is 0.122 e. The van der Waals surface area contributed by atoms with Crippen LogP contribution in [0.25, 0.3) is 0 Å². The molecule has 1 aliphatic rings. The molecule has 0 atom stereocenters. The Morgan fingerprint density at radius 2 is 2.12 bits per heavy atom. The first-order valence-electron chi connectivity index (χ1n) is 6.19. The summed E-state index contributed by atoms with van der Waals surface area (Å²) in [5, 5.41) is 3.49. The van der Waals surface area contributed by atoms with Gasteiger partial charge in [0.2, 0.25) is 0 Å². The molecule has 1 N–H and O–H groups in total. The standard InChI is InChI=1S/C14H21NO/c1-11-4-5-12(2)14(10-11)16-9-3-8-15-13-6-7-13/h4-5,10,13,15H,3,6-9H2,1-2H3. The molecule has 1 saturated carbocycles. The third-order valence-electron chi connectivity index (χ3n) is 2.93. The van der Waals surface area contributed by atoms with E-state index in [0.717, 1.165) is 31.4 Å². The minimum Gasteiger partial charge on any atom is -0.493 e. The van der Waals surface area contributed by atoms with Crippen LogP contribution in [0.1, 0.15) is 30.4 Å². The Hall–Kier alpha value is -1.02. The van der Waals surface area contributed by atoms with Gasteiger partial charge in [-0.1, -0.05) is 12.1 Å². The predicted octanol–water partition coefficient (Wildman–Crippen LogP) is 2.82. The Balaban J connectivity index is 1.69. The van der Waals surface area contributed by atoms with Gasteiger partial charge in [0.05, 0.1) is 6.61 Å². The molecule has 0 bridgehead atoms. The van der Waals surface area contributed by atoms with Crippen molar-refractivity contribution in [3.63, 3.8) is 0 Å². The molecule has 0 spiro atoms. The van der Waals surface area contributed by atoms with Crippen LogP contribution in [0.15, 0.2) is 18.2 Å². The smallest absolute Gasteiger partial charge is 0.122 e. The Bertz CT molecular complexity index is 345. The Morgan fingerprint density at radius 1 is 1.31 bits per heavy atom. The molecular formula is C14H21NO. The fourth-order valence-corrected chi connectivity index (χ4v) is 1.71. The van der Waals surface area contributed by atoms with Crippen LogP contribution in [0.3, 0.4) is 0 Å². The highest BCUT2D eigenvalue weighted by atomic mass is 16.5. The van der Waals surface area contributed by atoms with Crippen molar-refractivity contribution in [2.75, 3.05) is 13.2 Å². The average molecular weight is 219 g/mol. The van der Waals surface area contributed by atoms with Gasteiger partial charge in [0, 0.05) is 6.04 Å². The van der Waals surface area contributed by atoms with Gasteiger partial charge < -0.3 is 10.1 Å². The SMILES string of the molecule is Cc1ccc(C)c(OCCCNC2CC2)c1. The summed E-state index contributed by atoms with van der Waals surface area (Å²) in [6.07, 6.45) is 3.81. The second kappa shape index (κ2) is 5.35. The van der Waals surface area contributed by atoms with Crippen molar-refractivity contribution in [3.05, 3.63) is 29.3 Å². The first kappa shape index (κ1) is 11.5. The number of nitrogens with one attached hydrogen (secondary N) is 1. The van der Waals surface area contributed by atoms with E-state index in [2.05, 4.69) is 37.4 Å². The van der Waals surface area contributed by atoms with Crippen LogP contribution in [-0.4, -0.2) is 19.2 Å². The molecule has 1 aromatic rings. The zero-order chi connectivity index (χ0) is 11.4. The van der Waals surface area contributed by atoms with Crippen LogP contribution >= 0.6 is 0 Å². The summed E-state index contributed by atoms with van der Waals surface area (Å²) >= 11 is 0. The minimum atomic E-state index is 0.806. The Morgan fingerprint density at radius 3 is 2.88 bits per heavy atom. The molecule has 0 amide bonds. The van der Waals surface area contributed by atoms with Crippen molar-refractivity contribution in [1.29, 1.82) is 0 Å². The van der Waals surface area contributed by atoms with E-state index in [4.69, 9.17) is 4.74 Å². The first-order valence-corrected chi connectivity index (χ1v) is 6.19. The lowest BCUT2D eigenvalue weighted by molar-refractivity contribution is 0.306. The molecule has 1 aliphatic carbocycles. The van der Waals surface area contributed by atoms with Crippen LogP contribution in [0, 0.1) is 13.8 Å². The van der Waals surface area contributed by atoms with Gasteiger partial charge in [-0.2, -0.15) is 0 Å². The largest absolute Gasteiger partial charge is 0.493 e. The minimum absolute atomic E-state index is 0.806. The summed E-state index contributed by atoms with van der Waals surface area (Å²) in [6.45, 7) is 6.08. The summed E-state index contributed by atoms with van der Waals surface area (Å²) in [4.78, 5) is 0. The molecule has 1 aromatic carbocycles. The summed E-state index contributed by atoms with van der Waals surface area (Å²) in [5.41, 5.74) is 2.48. The fraction of sp³-hybridized carbons (Fsp3) is 0.571. The lowest BCUT2D eigenvalue weighted by Crippen LogP contribution is -2.19. The van der Waals surface area contributed by atoms with E-state index in [1.807, 2.05) is 0 Å². The van der Waals surface area contributed by atoms with Gasteiger partial charge in [-0.3, -0.25) is 0 Å². The van der Waals surface area contributed by atoms with Crippen molar-refractivity contribution in [2.45, 2.75) is 39.2 Å². The lowest BCUT2D eigenvalue weighted by Gasteiger charge is -2.10. The van der Waals surface area contributed by atoms with Crippen molar-refractivity contribution in [2.24, 2.45) is 0 Å². The maximum atomic E-state index is 5.78. The molecular weight excluding hydrogens is 198 g/mol. The van der Waals surface area contributed by atoms with E-state index < -0.39 is 0 Å². The molecule has 2 rings (SSSR count). The monoisotopic (exact) mass is 219 g/mol. The van der Waals surface area contributed by atoms with Gasteiger partial charge in [-0.05, 0) is 56.8 Å². The van der Waals surface area contributed by atoms with Crippen LogP contribution in [0.4, 0.5) is 0 Å². The molecule has 1 fully saturated rings. The van der Waals surface area contributed by atoms with Gasteiger partial charge in [0.25, 0.3) is 0 Å². The van der Waals surface area contributed by atoms with Gasteiger partial charge in [0.15, 0.2) is 0 Å². The molecule has 0 aromatic heterocycles. The van der Waals surface area contributed by atoms with Gasteiger partial charge in [0.1, 0.15) is 5.75 Å². The molecule has 16 heavy (non-hydrogen) atoms. The van der Waals surface area contributed by atoms with E-state index >= 15 is 0 Å². The van der Waals surface area contributed by atoms with Gasteiger partial charge >= 0.3 is 0 Å². The molecule has 2 nitrogen and oxygen atoms in total. The zero-order valence-electron chi connectivity index (χ0n) is 10.3. The van der Waals surface area contributed by atoms with Crippen molar-refractivity contribution in [1.82, 2.24) is 5.32 Å². The quantitative estimate of drug-likeness (QED) is 0.743. The normalized spacial score (nSPS) is 15.1. The van der Waals surface area contributed by atoms with Gasteiger partial charge in [-0.15, -0.1) is 0 Å². The Kier molecular flexibility index (Phi) is 3.83. The highest BCUT2D eigenvalue weighted by Gasteiger charge is 2.19. The predicted molar refractivity (Wildman–Crippen MR) is 67.1 cm³/mol. The van der Waals surface area contributed by atoms with E-state index in [-0.39, 0.29) is 0 Å². The van der Waals surface area contributed by atoms with Crippen molar-refractivity contribution in [3.8, 4) is 5.75 Å². The second-order valence-corrected chi connectivity index (χ2v) is 4.70. The number of aryl methyl sites for hydroxylation is 2. The molecule has 88 valence electrons. The van der Waals surface area contributed by atoms with Crippen LogP contribution in [0.2, 0.25) is 0 Å². The zero-order valence-corrected chi connectivity index (χ0v) is 10.3. The average Bonchev–Trinajstić information content (AvgIpc) is 3.06. The van der Waals surface area contributed by atoms with E-state index in [1.54, 1.807) is 0 Å². The van der Waals surface area contributed by atoms with E-state index in [9.17, 15) is 0 Å². The third kappa shape index (κ3) is 3.53. The first-order chi connectivity index (χ1) is 7.75. The van der Waals surface area contributed by atoms with Crippen molar-refractivity contribution < 1.29 is 4.74 Å². The van der Waals surface area contributed by atoms with Crippen LogP contribution in [-0.2, 0) is 0 Å². The van der Waals surface area contributed by atoms with Crippen molar-refractivity contribution >= 4 is 0 Å². The highest BCUT2D eigenvalue weighted by Crippen LogP contribution is 2.20. The number of hydrogen-bond acceptors (Lipinski definition) is 2. The lowest BCUT2D eigenvalue weighted by atomic mass is 10.1. The molecule has 0 radical (unpaired) electrons. The fourth-order valence-electron chi connectivity index (χ4n) is 1.71. The molecule has 2 heteroatoms. The number of benzene rings is 1. The molecule has 0 saturated heterocycles. The number of ether oxygens (including phenoxy) is 1. The molecule has 0 heterocycles. The number of hydrogen-bond donors (Lipinski definition) is 1. The van der Waals surface area contributed by atoms with Gasteiger partial charge in [-0.25, -0.2) is 0 Å². The highest BCUT2D eigenvalue weighted by molar-refractivity contribution is 5.35. The summed E-state index contributed by atoms with van der Waals surface area (Å²) < 4.78 is 5.78. The third-order valence-corrected chi connectivity index (χ3v) is 2.93. The van der Waals surface area contributed by atoms with E-state index in [1.165, 1.54) is 24.0 Å². The van der Waals surface area contributed by atoms with E-state index in [0.29, 0.717) is 0 Å². The Labute approximate surface area is 98.0 Å². The number of rotatable bonds is 6. The van der Waals surface area contributed by atoms with Crippen LogP contribution < -0.4 is 10.1 Å². The second-order valence-electron chi connectivity index (χ2n) is 4.70. The maximum absolute atomic E-state index is 5.78. The van der Waals surface area contributed by atoms with Crippen LogP contribution in [0.5, 0.6) is 5.75 Å². The summed E-state index contributed by atoms with van der Waals surface area (Å²) in [5.74, 6) is 1.03. The molecule has 0 unspecified atom stereocenters. The molecule has 0 aliphatic heterocycles. The summed E-state index contributed by atoms with van der Waals surface area (Å²) in [7, 11) is 0. The summed E-state index contributed by atoms with van der Waals surface area (Å²) in [6, 6.07) is 7.16. The topological polar surface area (TPSA) is 21.3 Å².